The van der Waals surface area contributed by atoms with E-state index in [9.17, 15) is 0 Å². The van der Waals surface area contributed by atoms with E-state index in [0.29, 0.717) is 10.7 Å². The molecule has 0 radical (unpaired) electrons. The van der Waals surface area contributed by atoms with Crippen LogP contribution in [0.25, 0.3) is 0 Å². The van der Waals surface area contributed by atoms with Crippen molar-refractivity contribution in [3.8, 4) is 5.75 Å². The highest BCUT2D eigenvalue weighted by Gasteiger charge is 2.33. The Morgan fingerprint density at radius 3 is 2.95 bits per heavy atom. The van der Waals surface area contributed by atoms with Gasteiger partial charge in [0.1, 0.15) is 5.75 Å². The molecule has 2 aliphatic heterocycles. The molecule has 104 valence electrons. The van der Waals surface area contributed by atoms with Crippen molar-refractivity contribution in [3.05, 3.63) is 29.3 Å². The summed E-state index contributed by atoms with van der Waals surface area (Å²) >= 11 is 3.87. The third kappa shape index (κ3) is 2.55. The molecule has 0 saturated carbocycles. The minimum Gasteiger partial charge on any atom is -0.492 e. The van der Waals surface area contributed by atoms with Crippen molar-refractivity contribution in [1.29, 1.82) is 0 Å². The molecule has 0 aromatic heterocycles. The number of alkyl halides is 1. The third-order valence-electron chi connectivity index (χ3n) is 4.25. The number of rotatable bonds is 2. The van der Waals surface area contributed by atoms with Gasteiger partial charge in [-0.2, -0.15) is 0 Å². The number of hydrogen-bond donors (Lipinski definition) is 0. The molecule has 2 nitrogen and oxygen atoms in total. The van der Waals surface area contributed by atoms with E-state index in [1.165, 1.54) is 24.0 Å². The first-order valence-corrected chi connectivity index (χ1v) is 7.98. The highest BCUT2D eigenvalue weighted by atomic mass is 79.9. The summed E-state index contributed by atoms with van der Waals surface area (Å²) in [5.74, 6) is 1.63. The molecule has 3 heteroatoms. The van der Waals surface area contributed by atoms with Crippen LogP contribution in [0.3, 0.4) is 0 Å². The zero-order valence-corrected chi connectivity index (χ0v) is 13.2. The van der Waals surface area contributed by atoms with Crippen molar-refractivity contribution in [2.45, 2.75) is 36.9 Å². The Balaban J connectivity index is 1.85. The molecular weight excluding hydrogens is 304 g/mol. The first-order valence-electron chi connectivity index (χ1n) is 7.07. The standard InChI is InChI=1S/C16H21BrO2/c1-16(2)10-19-14-6-5-11(8-13(14)16)15(17)12-4-3-7-18-9-12/h5-6,8,12,15H,3-4,7,9-10H2,1-2H3. The van der Waals surface area contributed by atoms with Crippen molar-refractivity contribution in [2.24, 2.45) is 5.92 Å². The smallest absolute Gasteiger partial charge is 0.123 e. The molecule has 2 aliphatic rings. The predicted octanol–water partition coefficient (Wildman–Crippen LogP) is 4.22. The maximum Gasteiger partial charge on any atom is 0.123 e. The summed E-state index contributed by atoms with van der Waals surface area (Å²) in [6.07, 6.45) is 2.42. The molecule has 2 heterocycles. The van der Waals surface area contributed by atoms with Crippen LogP contribution in [-0.4, -0.2) is 19.8 Å². The van der Waals surface area contributed by atoms with Crippen molar-refractivity contribution in [1.82, 2.24) is 0 Å². The summed E-state index contributed by atoms with van der Waals surface area (Å²) in [6.45, 7) is 7.06. The fourth-order valence-corrected chi connectivity index (χ4v) is 3.68. The molecule has 1 aromatic carbocycles. The summed E-state index contributed by atoms with van der Waals surface area (Å²) in [7, 11) is 0. The van der Waals surface area contributed by atoms with E-state index in [2.05, 4.69) is 48.0 Å². The van der Waals surface area contributed by atoms with E-state index < -0.39 is 0 Å². The Kier molecular flexibility index (Phi) is 3.61. The minimum atomic E-state index is 0.126. The lowest BCUT2D eigenvalue weighted by atomic mass is 9.84. The second-order valence-corrected chi connectivity index (χ2v) is 7.29. The predicted molar refractivity (Wildman–Crippen MR) is 80.2 cm³/mol. The Labute approximate surface area is 123 Å². The maximum atomic E-state index is 5.75. The van der Waals surface area contributed by atoms with Gasteiger partial charge >= 0.3 is 0 Å². The highest BCUT2D eigenvalue weighted by molar-refractivity contribution is 9.09. The molecule has 0 N–H and O–H groups in total. The molecular formula is C16H21BrO2. The van der Waals surface area contributed by atoms with Crippen molar-refractivity contribution < 1.29 is 9.47 Å². The van der Waals surface area contributed by atoms with Crippen LogP contribution in [0.4, 0.5) is 0 Å². The molecule has 2 atom stereocenters. The van der Waals surface area contributed by atoms with Crippen LogP contribution in [-0.2, 0) is 10.2 Å². The Morgan fingerprint density at radius 2 is 2.21 bits per heavy atom. The van der Waals surface area contributed by atoms with Gasteiger partial charge in [0, 0.05) is 22.4 Å². The van der Waals surface area contributed by atoms with Gasteiger partial charge in [-0.25, -0.2) is 0 Å². The van der Waals surface area contributed by atoms with E-state index in [4.69, 9.17) is 9.47 Å². The van der Waals surface area contributed by atoms with Gasteiger partial charge in [-0.15, -0.1) is 0 Å². The average molecular weight is 325 g/mol. The second kappa shape index (κ2) is 5.10. The van der Waals surface area contributed by atoms with Crippen LogP contribution in [0.15, 0.2) is 18.2 Å². The average Bonchev–Trinajstić information content (AvgIpc) is 2.74. The van der Waals surface area contributed by atoms with E-state index in [0.717, 1.165) is 25.6 Å². The van der Waals surface area contributed by atoms with Crippen LogP contribution in [0.2, 0.25) is 0 Å². The molecule has 0 bridgehead atoms. The quantitative estimate of drug-likeness (QED) is 0.758. The van der Waals surface area contributed by atoms with Crippen molar-refractivity contribution >= 4 is 15.9 Å². The SMILES string of the molecule is CC1(C)COc2ccc(C(Br)C3CCCOC3)cc21. The molecule has 1 fully saturated rings. The normalized spacial score (nSPS) is 26.6. The fraction of sp³-hybridized carbons (Fsp3) is 0.625. The van der Waals surface area contributed by atoms with Gasteiger partial charge in [0.05, 0.1) is 13.2 Å². The molecule has 0 spiro atoms. The number of hydrogen-bond acceptors (Lipinski definition) is 2. The Morgan fingerprint density at radius 1 is 1.37 bits per heavy atom. The molecule has 19 heavy (non-hydrogen) atoms. The van der Waals surface area contributed by atoms with Crippen LogP contribution < -0.4 is 4.74 Å². The molecule has 3 rings (SSSR count). The third-order valence-corrected chi connectivity index (χ3v) is 5.53. The second-order valence-electron chi connectivity index (χ2n) is 6.31. The summed E-state index contributed by atoms with van der Waals surface area (Å²) in [5, 5.41) is 0. The summed E-state index contributed by atoms with van der Waals surface area (Å²) < 4.78 is 11.4. The van der Waals surface area contributed by atoms with E-state index in [1.807, 2.05) is 0 Å². The lowest BCUT2D eigenvalue weighted by Crippen LogP contribution is -2.21. The van der Waals surface area contributed by atoms with Crippen LogP contribution in [0.1, 0.15) is 42.6 Å². The van der Waals surface area contributed by atoms with E-state index >= 15 is 0 Å². The van der Waals surface area contributed by atoms with Crippen LogP contribution >= 0.6 is 15.9 Å². The summed E-state index contributed by atoms with van der Waals surface area (Å²) in [6, 6.07) is 6.63. The minimum absolute atomic E-state index is 0.126. The largest absolute Gasteiger partial charge is 0.492 e. The molecule has 0 aliphatic carbocycles. The van der Waals surface area contributed by atoms with Gasteiger partial charge < -0.3 is 9.47 Å². The lowest BCUT2D eigenvalue weighted by molar-refractivity contribution is 0.0546. The zero-order chi connectivity index (χ0) is 13.5. The molecule has 1 saturated heterocycles. The van der Waals surface area contributed by atoms with Crippen LogP contribution in [0, 0.1) is 5.92 Å². The van der Waals surface area contributed by atoms with Gasteiger partial charge in [0.15, 0.2) is 0 Å². The van der Waals surface area contributed by atoms with Crippen molar-refractivity contribution in [2.75, 3.05) is 19.8 Å². The van der Waals surface area contributed by atoms with Crippen molar-refractivity contribution in [3.63, 3.8) is 0 Å². The lowest BCUT2D eigenvalue weighted by Gasteiger charge is -2.27. The Hall–Kier alpha value is -0.540. The van der Waals surface area contributed by atoms with Gasteiger partial charge in [-0.05, 0) is 30.4 Å². The number of fused-ring (bicyclic) bond motifs is 1. The van der Waals surface area contributed by atoms with Gasteiger partial charge in [0.25, 0.3) is 0 Å². The van der Waals surface area contributed by atoms with Crippen LogP contribution in [0.5, 0.6) is 5.75 Å². The first kappa shape index (κ1) is 13.4. The first-order chi connectivity index (χ1) is 9.08. The van der Waals surface area contributed by atoms with Gasteiger partial charge in [-0.1, -0.05) is 41.9 Å². The van der Waals surface area contributed by atoms with Gasteiger partial charge in [0.2, 0.25) is 0 Å². The number of ether oxygens (including phenoxy) is 2. The number of benzene rings is 1. The molecule has 0 amide bonds. The summed E-state index contributed by atoms with van der Waals surface area (Å²) in [4.78, 5) is 0.384. The molecule has 2 unspecified atom stereocenters. The topological polar surface area (TPSA) is 18.5 Å². The fourth-order valence-electron chi connectivity index (χ4n) is 2.98. The maximum absolute atomic E-state index is 5.75. The molecule has 1 aromatic rings. The number of halogens is 1. The highest BCUT2D eigenvalue weighted by Crippen LogP contribution is 2.43. The zero-order valence-electron chi connectivity index (χ0n) is 11.6. The summed E-state index contributed by atoms with van der Waals surface area (Å²) in [5.41, 5.74) is 2.82. The van der Waals surface area contributed by atoms with Gasteiger partial charge in [-0.3, -0.25) is 0 Å². The Bertz CT molecular complexity index is 464. The van der Waals surface area contributed by atoms with E-state index in [1.54, 1.807) is 0 Å². The monoisotopic (exact) mass is 324 g/mol. The van der Waals surface area contributed by atoms with E-state index in [-0.39, 0.29) is 5.41 Å².